The van der Waals surface area contributed by atoms with E-state index in [1.807, 2.05) is 18.2 Å². The summed E-state index contributed by atoms with van der Waals surface area (Å²) >= 11 is 0. The van der Waals surface area contributed by atoms with Crippen molar-refractivity contribution in [2.75, 3.05) is 0 Å². The monoisotopic (exact) mass is 776 g/mol. The maximum Gasteiger partial charge on any atom is 0.164 e. The number of fused-ring (bicyclic) bond motifs is 6. The third kappa shape index (κ3) is 5.88. The van der Waals surface area contributed by atoms with E-state index in [9.17, 15) is 0 Å². The molecule has 0 bridgehead atoms. The van der Waals surface area contributed by atoms with Gasteiger partial charge in [-0.1, -0.05) is 188 Å². The molecule has 2 heterocycles. The van der Waals surface area contributed by atoms with Gasteiger partial charge in [-0.05, 0) is 74.0 Å². The lowest BCUT2D eigenvalue weighted by Crippen LogP contribution is -2.04. The lowest BCUT2D eigenvalue weighted by molar-refractivity contribution is 1.08. The van der Waals surface area contributed by atoms with Gasteiger partial charge in [-0.3, -0.25) is 0 Å². The van der Waals surface area contributed by atoms with Crippen LogP contribution in [-0.4, -0.2) is 19.5 Å². The molecule has 12 aromatic rings. The number of hydrogen-bond acceptors (Lipinski definition) is 3. The van der Waals surface area contributed by atoms with Crippen molar-refractivity contribution in [3.05, 3.63) is 218 Å². The lowest BCUT2D eigenvalue weighted by Gasteiger charge is -2.21. The van der Waals surface area contributed by atoms with Gasteiger partial charge < -0.3 is 4.57 Å². The molecule has 0 fully saturated rings. The first kappa shape index (κ1) is 34.8. The molecule has 10 aromatic carbocycles. The van der Waals surface area contributed by atoms with E-state index in [4.69, 9.17) is 15.0 Å². The SMILES string of the molecule is c1ccc(-c2ccc3c(-n4c5ccccc5c5cc6ccccc6cc54)c(-c4ccccc4)cc(-c4nc(-c5ccccc5)nc(-c5cccc6ccccc56)n4)c3c2)cc1. The van der Waals surface area contributed by atoms with E-state index in [0.717, 1.165) is 77.2 Å². The normalized spacial score (nSPS) is 11.6. The Labute approximate surface area is 352 Å². The summed E-state index contributed by atoms with van der Waals surface area (Å²) in [5, 5.41) is 9.23. The molecule has 4 nitrogen and oxygen atoms in total. The van der Waals surface area contributed by atoms with Gasteiger partial charge in [0.05, 0.1) is 16.7 Å². The molecule has 0 aliphatic carbocycles. The predicted molar refractivity (Wildman–Crippen MR) is 254 cm³/mol. The molecule has 0 aliphatic heterocycles. The smallest absolute Gasteiger partial charge is 0.164 e. The highest BCUT2D eigenvalue weighted by Gasteiger charge is 2.24. The Hall–Kier alpha value is -8.21. The van der Waals surface area contributed by atoms with Crippen molar-refractivity contribution < 1.29 is 0 Å². The van der Waals surface area contributed by atoms with Gasteiger partial charge in [-0.15, -0.1) is 0 Å². The van der Waals surface area contributed by atoms with E-state index in [2.05, 4.69) is 205 Å². The summed E-state index contributed by atoms with van der Waals surface area (Å²) in [6, 6.07) is 77.7. The van der Waals surface area contributed by atoms with Crippen LogP contribution in [0.5, 0.6) is 0 Å². The molecule has 284 valence electrons. The summed E-state index contributed by atoms with van der Waals surface area (Å²) in [6.45, 7) is 0. The van der Waals surface area contributed by atoms with Crippen LogP contribution in [0.1, 0.15) is 0 Å². The second-order valence-corrected chi connectivity index (χ2v) is 15.6. The molecule has 2 aromatic heterocycles. The second-order valence-electron chi connectivity index (χ2n) is 15.6. The van der Waals surface area contributed by atoms with Crippen LogP contribution in [0, 0.1) is 0 Å². The molecule has 0 atom stereocenters. The Morgan fingerprint density at radius 3 is 1.59 bits per heavy atom. The van der Waals surface area contributed by atoms with Crippen molar-refractivity contribution in [1.82, 2.24) is 19.5 Å². The molecule has 12 rings (SSSR count). The molecule has 0 aliphatic rings. The topological polar surface area (TPSA) is 43.6 Å². The van der Waals surface area contributed by atoms with E-state index in [1.54, 1.807) is 0 Å². The largest absolute Gasteiger partial charge is 0.308 e. The zero-order valence-corrected chi connectivity index (χ0v) is 33.1. The number of benzene rings is 10. The van der Waals surface area contributed by atoms with Crippen LogP contribution >= 0.6 is 0 Å². The van der Waals surface area contributed by atoms with Crippen LogP contribution in [0.3, 0.4) is 0 Å². The van der Waals surface area contributed by atoms with Crippen molar-refractivity contribution in [2.24, 2.45) is 0 Å². The third-order valence-electron chi connectivity index (χ3n) is 12.0. The zero-order chi connectivity index (χ0) is 40.3. The number of para-hydroxylation sites is 1. The van der Waals surface area contributed by atoms with E-state index in [-0.39, 0.29) is 0 Å². The van der Waals surface area contributed by atoms with Crippen molar-refractivity contribution in [2.45, 2.75) is 0 Å². The van der Waals surface area contributed by atoms with Crippen LogP contribution in [0.15, 0.2) is 218 Å². The minimum atomic E-state index is 0.615. The quantitative estimate of drug-likeness (QED) is 0.169. The second kappa shape index (κ2) is 14.3. The maximum absolute atomic E-state index is 5.43. The lowest BCUT2D eigenvalue weighted by atomic mass is 9.91. The Bertz CT molecular complexity index is 3630. The number of rotatable bonds is 6. The molecule has 0 unspecified atom stereocenters. The van der Waals surface area contributed by atoms with E-state index >= 15 is 0 Å². The first-order chi connectivity index (χ1) is 30.2. The minimum absolute atomic E-state index is 0.615. The molecule has 0 amide bonds. The highest BCUT2D eigenvalue weighted by atomic mass is 15.0. The zero-order valence-electron chi connectivity index (χ0n) is 33.1. The molecule has 0 saturated carbocycles. The first-order valence-electron chi connectivity index (χ1n) is 20.7. The Morgan fingerprint density at radius 1 is 0.262 bits per heavy atom. The summed E-state index contributed by atoms with van der Waals surface area (Å²) in [7, 11) is 0. The number of aromatic nitrogens is 4. The number of hydrogen-bond donors (Lipinski definition) is 0. The van der Waals surface area contributed by atoms with Gasteiger partial charge in [0.15, 0.2) is 17.5 Å². The molecule has 0 spiro atoms. The molecule has 0 saturated heterocycles. The van der Waals surface area contributed by atoms with Crippen molar-refractivity contribution in [3.63, 3.8) is 0 Å². The predicted octanol–water partition coefficient (Wildman–Crippen LogP) is 14.8. The molecular formula is C57H36N4. The summed E-state index contributed by atoms with van der Waals surface area (Å²) in [5.41, 5.74) is 10.7. The summed E-state index contributed by atoms with van der Waals surface area (Å²) in [4.78, 5) is 16.0. The Kier molecular flexibility index (Phi) is 8.13. The van der Waals surface area contributed by atoms with Gasteiger partial charge >= 0.3 is 0 Å². The number of nitrogens with zero attached hydrogens (tertiary/aromatic N) is 4. The third-order valence-corrected chi connectivity index (χ3v) is 12.0. The van der Waals surface area contributed by atoms with Gasteiger partial charge in [0.1, 0.15) is 0 Å². The molecule has 0 N–H and O–H groups in total. The van der Waals surface area contributed by atoms with Gasteiger partial charge in [0.25, 0.3) is 0 Å². The summed E-state index contributed by atoms with van der Waals surface area (Å²) in [5.74, 6) is 1.87. The first-order valence-corrected chi connectivity index (χ1v) is 20.7. The fraction of sp³-hybridized carbons (Fsp3) is 0. The van der Waals surface area contributed by atoms with Crippen molar-refractivity contribution >= 4 is 54.1 Å². The van der Waals surface area contributed by atoms with Crippen LogP contribution < -0.4 is 0 Å². The fourth-order valence-electron chi connectivity index (χ4n) is 9.13. The summed E-state index contributed by atoms with van der Waals surface area (Å²) < 4.78 is 2.48. The standard InChI is InChI=1S/C57H36N4/c1-4-17-37(18-5-1)43-31-32-46-49(33-43)51(57-59-55(40-22-8-3-9-23-40)58-56(60-57)47-29-16-26-38-21-12-13-27-44(38)47)36-48(39-19-6-2-7-20-39)54(46)61-52-30-15-14-28-45(52)50-34-41-24-10-11-25-42(41)35-53(50)61/h1-36H. The van der Waals surface area contributed by atoms with Crippen LogP contribution in [0.4, 0.5) is 0 Å². The van der Waals surface area contributed by atoms with Crippen molar-refractivity contribution in [1.29, 1.82) is 0 Å². The minimum Gasteiger partial charge on any atom is -0.308 e. The summed E-state index contributed by atoms with van der Waals surface area (Å²) in [6.07, 6.45) is 0. The van der Waals surface area contributed by atoms with Gasteiger partial charge in [0.2, 0.25) is 0 Å². The van der Waals surface area contributed by atoms with E-state index < -0.39 is 0 Å². The van der Waals surface area contributed by atoms with E-state index in [1.165, 1.54) is 21.5 Å². The van der Waals surface area contributed by atoms with Gasteiger partial charge in [0, 0.05) is 38.4 Å². The average molecular weight is 777 g/mol. The highest BCUT2D eigenvalue weighted by molar-refractivity contribution is 6.16. The molecule has 4 heteroatoms. The van der Waals surface area contributed by atoms with E-state index in [0.29, 0.717) is 17.5 Å². The average Bonchev–Trinajstić information content (AvgIpc) is 3.65. The fourth-order valence-corrected chi connectivity index (χ4v) is 9.13. The molecule has 61 heavy (non-hydrogen) atoms. The van der Waals surface area contributed by atoms with Crippen LogP contribution in [-0.2, 0) is 0 Å². The van der Waals surface area contributed by atoms with Crippen LogP contribution in [0.2, 0.25) is 0 Å². The molecular weight excluding hydrogens is 741 g/mol. The molecule has 0 radical (unpaired) electrons. The highest BCUT2D eigenvalue weighted by Crippen LogP contribution is 2.45. The van der Waals surface area contributed by atoms with Gasteiger partial charge in [-0.25, -0.2) is 15.0 Å². The Morgan fingerprint density at radius 2 is 0.836 bits per heavy atom. The maximum atomic E-state index is 5.43. The Balaban J connectivity index is 1.24. The van der Waals surface area contributed by atoms with Crippen molar-refractivity contribution in [3.8, 4) is 62.1 Å². The van der Waals surface area contributed by atoms with Gasteiger partial charge in [-0.2, -0.15) is 0 Å². The van der Waals surface area contributed by atoms with Crippen LogP contribution in [0.25, 0.3) is 116 Å².